The van der Waals surface area contributed by atoms with Gasteiger partial charge in [0.25, 0.3) is 0 Å². The molecule has 3 rings (SSSR count). The number of rotatable bonds is 6. The summed E-state index contributed by atoms with van der Waals surface area (Å²) in [7, 11) is -1.56. The number of thiazole rings is 1. The summed E-state index contributed by atoms with van der Waals surface area (Å²) in [6, 6.07) is 12.3. The van der Waals surface area contributed by atoms with Crippen molar-refractivity contribution in [3.8, 4) is 0 Å². The molecule has 1 amide bonds. The van der Waals surface area contributed by atoms with Crippen molar-refractivity contribution in [2.24, 2.45) is 12.0 Å². The first-order chi connectivity index (χ1) is 13.3. The van der Waals surface area contributed by atoms with Gasteiger partial charge in [-0.15, -0.1) is 0 Å². The number of amides is 1. The number of carbonyl (C=O) groups is 1. The van der Waals surface area contributed by atoms with E-state index in [1.165, 1.54) is 29.0 Å². The third-order valence-corrected chi connectivity index (χ3v) is 7.64. The number of sulfone groups is 1. The molecule has 0 aliphatic heterocycles. The summed E-state index contributed by atoms with van der Waals surface area (Å²) in [5.41, 5.74) is 2.26. The zero-order valence-corrected chi connectivity index (χ0v) is 18.1. The molecule has 0 saturated heterocycles. The molecule has 0 atom stereocenters. The molecule has 0 aliphatic carbocycles. The highest BCUT2D eigenvalue weighted by molar-refractivity contribution is 7.91. The number of benzene rings is 2. The number of aryl methyl sites for hydroxylation is 2. The lowest BCUT2D eigenvalue weighted by atomic mass is 10.2. The Morgan fingerprint density at radius 3 is 2.57 bits per heavy atom. The van der Waals surface area contributed by atoms with Crippen LogP contribution >= 0.6 is 22.9 Å². The van der Waals surface area contributed by atoms with Crippen LogP contribution < -0.4 is 4.80 Å². The van der Waals surface area contributed by atoms with Crippen molar-refractivity contribution in [2.75, 3.05) is 5.75 Å². The summed E-state index contributed by atoms with van der Waals surface area (Å²) in [6.07, 6.45) is 1.26. The Morgan fingerprint density at radius 2 is 1.89 bits per heavy atom. The molecule has 0 bridgehead atoms. The lowest BCUT2D eigenvalue weighted by Crippen LogP contribution is -2.14. The lowest BCUT2D eigenvalue weighted by molar-refractivity contribution is -0.118. The number of hydrogen-bond acceptors (Lipinski definition) is 4. The second-order valence-electron chi connectivity index (χ2n) is 6.48. The largest absolute Gasteiger partial charge is 0.319 e. The van der Waals surface area contributed by atoms with Crippen LogP contribution in [0.3, 0.4) is 0 Å². The van der Waals surface area contributed by atoms with Crippen molar-refractivity contribution in [3.05, 3.63) is 57.9 Å². The predicted molar refractivity (Wildman–Crippen MR) is 113 cm³/mol. The van der Waals surface area contributed by atoms with E-state index in [1.54, 1.807) is 12.1 Å². The van der Waals surface area contributed by atoms with Gasteiger partial charge in [-0.3, -0.25) is 4.79 Å². The number of aromatic nitrogens is 1. The monoisotopic (exact) mass is 436 g/mol. The molecule has 2 aromatic carbocycles. The highest BCUT2D eigenvalue weighted by Crippen LogP contribution is 2.19. The summed E-state index contributed by atoms with van der Waals surface area (Å²) >= 11 is 7.25. The molecule has 1 heterocycles. The molecular formula is C20H21ClN2O3S2. The average Bonchev–Trinajstić information content (AvgIpc) is 2.96. The fourth-order valence-electron chi connectivity index (χ4n) is 2.84. The van der Waals surface area contributed by atoms with Crippen LogP contribution in [0, 0.1) is 0 Å². The van der Waals surface area contributed by atoms with E-state index < -0.39 is 9.84 Å². The first kappa shape index (κ1) is 20.8. The van der Waals surface area contributed by atoms with Gasteiger partial charge >= 0.3 is 0 Å². The Morgan fingerprint density at radius 1 is 1.18 bits per heavy atom. The minimum atomic E-state index is -3.44. The van der Waals surface area contributed by atoms with Crippen LogP contribution in [0.2, 0.25) is 5.02 Å². The SMILES string of the molecule is CCc1ccc2c(c1)sc(=NC(=O)CCCS(=O)(=O)c1ccc(Cl)cc1)n2C. The van der Waals surface area contributed by atoms with Crippen molar-refractivity contribution in [1.82, 2.24) is 4.57 Å². The minimum absolute atomic E-state index is 0.0846. The Balaban J connectivity index is 1.69. The molecule has 0 saturated carbocycles. The van der Waals surface area contributed by atoms with Gasteiger partial charge in [0.05, 0.1) is 20.9 Å². The highest BCUT2D eigenvalue weighted by atomic mass is 35.5. The number of fused-ring (bicyclic) bond motifs is 1. The summed E-state index contributed by atoms with van der Waals surface area (Å²) in [6.45, 7) is 2.10. The molecule has 0 N–H and O–H groups in total. The Labute approximate surface area is 173 Å². The topological polar surface area (TPSA) is 68.5 Å². The second kappa shape index (κ2) is 8.59. The number of hydrogen-bond donors (Lipinski definition) is 0. The Kier molecular flexibility index (Phi) is 6.37. The van der Waals surface area contributed by atoms with E-state index in [-0.39, 0.29) is 29.4 Å². The zero-order chi connectivity index (χ0) is 20.3. The maximum Gasteiger partial charge on any atom is 0.248 e. The van der Waals surface area contributed by atoms with Gasteiger partial charge in [0, 0.05) is 18.5 Å². The second-order valence-corrected chi connectivity index (χ2v) is 10.0. The van der Waals surface area contributed by atoms with Gasteiger partial charge in [-0.25, -0.2) is 8.42 Å². The summed E-state index contributed by atoms with van der Waals surface area (Å²) in [5.74, 6) is -0.418. The molecule has 0 aliphatic rings. The molecule has 5 nitrogen and oxygen atoms in total. The van der Waals surface area contributed by atoms with Crippen LogP contribution in [-0.2, 0) is 28.1 Å². The van der Waals surface area contributed by atoms with Crippen molar-refractivity contribution in [2.45, 2.75) is 31.1 Å². The standard InChI is InChI=1S/C20H21ClN2O3S2/c1-3-14-6-11-17-18(13-14)27-20(23(17)2)22-19(24)5-4-12-28(25,26)16-9-7-15(21)8-10-16/h6-11,13H,3-5,12H2,1-2H3. The van der Waals surface area contributed by atoms with Gasteiger partial charge in [0.1, 0.15) is 0 Å². The maximum absolute atomic E-state index is 12.3. The number of halogens is 1. The molecule has 3 aromatic rings. The number of carbonyl (C=O) groups excluding carboxylic acids is 1. The first-order valence-electron chi connectivity index (χ1n) is 8.94. The van der Waals surface area contributed by atoms with Crippen LogP contribution in [0.5, 0.6) is 0 Å². The normalized spacial score (nSPS) is 12.6. The van der Waals surface area contributed by atoms with Gasteiger partial charge in [-0.1, -0.05) is 35.9 Å². The molecule has 1 aromatic heterocycles. The summed E-state index contributed by atoms with van der Waals surface area (Å²) in [5, 5.41) is 0.482. The third kappa shape index (κ3) is 4.71. The van der Waals surface area contributed by atoms with Crippen molar-refractivity contribution in [3.63, 3.8) is 0 Å². The van der Waals surface area contributed by atoms with E-state index in [2.05, 4.69) is 24.0 Å². The molecule has 8 heteroatoms. The molecule has 0 radical (unpaired) electrons. The Bertz CT molecular complexity index is 1180. The molecule has 28 heavy (non-hydrogen) atoms. The van der Waals surface area contributed by atoms with Gasteiger partial charge in [-0.2, -0.15) is 4.99 Å². The van der Waals surface area contributed by atoms with E-state index in [0.717, 1.165) is 16.6 Å². The Hall–Kier alpha value is -1.96. The zero-order valence-electron chi connectivity index (χ0n) is 15.7. The van der Waals surface area contributed by atoms with Crippen molar-refractivity contribution >= 4 is 48.9 Å². The van der Waals surface area contributed by atoms with Crippen LogP contribution in [0.4, 0.5) is 0 Å². The van der Waals surface area contributed by atoms with Crippen LogP contribution in [0.15, 0.2) is 52.4 Å². The van der Waals surface area contributed by atoms with Crippen LogP contribution in [0.25, 0.3) is 10.2 Å². The summed E-state index contributed by atoms with van der Waals surface area (Å²) < 4.78 is 27.6. The van der Waals surface area contributed by atoms with E-state index >= 15 is 0 Å². The first-order valence-corrected chi connectivity index (χ1v) is 11.8. The third-order valence-electron chi connectivity index (χ3n) is 4.48. The lowest BCUT2D eigenvalue weighted by Gasteiger charge is -2.03. The molecule has 0 unspecified atom stereocenters. The van der Waals surface area contributed by atoms with E-state index in [4.69, 9.17) is 11.6 Å². The van der Waals surface area contributed by atoms with Gasteiger partial charge in [-0.05, 0) is 54.8 Å². The van der Waals surface area contributed by atoms with Crippen LogP contribution in [0.1, 0.15) is 25.3 Å². The van der Waals surface area contributed by atoms with Crippen molar-refractivity contribution < 1.29 is 13.2 Å². The molecule has 148 valence electrons. The summed E-state index contributed by atoms with van der Waals surface area (Å²) in [4.78, 5) is 17.3. The van der Waals surface area contributed by atoms with Crippen molar-refractivity contribution in [1.29, 1.82) is 0 Å². The fraction of sp³-hybridized carbons (Fsp3) is 0.300. The maximum atomic E-state index is 12.3. The van der Waals surface area contributed by atoms with Crippen LogP contribution in [-0.4, -0.2) is 24.6 Å². The quantitative estimate of drug-likeness (QED) is 0.583. The van der Waals surface area contributed by atoms with E-state index in [1.807, 2.05) is 17.7 Å². The van der Waals surface area contributed by atoms with E-state index in [0.29, 0.717) is 9.82 Å². The van der Waals surface area contributed by atoms with E-state index in [9.17, 15) is 13.2 Å². The number of nitrogens with zero attached hydrogens (tertiary/aromatic N) is 2. The average molecular weight is 437 g/mol. The van der Waals surface area contributed by atoms with Gasteiger partial charge < -0.3 is 4.57 Å². The molecule has 0 fully saturated rings. The van der Waals surface area contributed by atoms with Gasteiger partial charge in [0.2, 0.25) is 5.91 Å². The fourth-order valence-corrected chi connectivity index (χ4v) is 5.38. The smallest absolute Gasteiger partial charge is 0.248 e. The minimum Gasteiger partial charge on any atom is -0.319 e. The predicted octanol–water partition coefficient (Wildman–Crippen LogP) is 4.14. The highest BCUT2D eigenvalue weighted by Gasteiger charge is 2.15. The van der Waals surface area contributed by atoms with Gasteiger partial charge in [0.15, 0.2) is 14.6 Å². The molecule has 0 spiro atoms. The molecular weight excluding hydrogens is 416 g/mol.